The molecule has 0 bridgehead atoms. The van der Waals surface area contributed by atoms with E-state index in [4.69, 9.17) is 0 Å². The molecule has 146 valence electrons. The lowest BCUT2D eigenvalue weighted by Gasteiger charge is -2.08. The number of benzene rings is 2. The number of rotatable bonds is 7. The van der Waals surface area contributed by atoms with Crippen LogP contribution >= 0.6 is 11.3 Å². The molecule has 0 unspecified atom stereocenters. The van der Waals surface area contributed by atoms with Crippen molar-refractivity contribution < 1.29 is 13.2 Å². The van der Waals surface area contributed by atoms with Crippen LogP contribution in [-0.2, 0) is 21.2 Å². The van der Waals surface area contributed by atoms with Crippen LogP contribution in [0.15, 0.2) is 58.8 Å². The normalized spacial score (nSPS) is 11.4. The molecular weight excluding hydrogens is 394 g/mol. The third-order valence-electron chi connectivity index (χ3n) is 4.06. The maximum Gasteiger partial charge on any atom is 0.240 e. The first kappa shape index (κ1) is 20.2. The minimum absolute atomic E-state index is 0.163. The van der Waals surface area contributed by atoms with Crippen molar-refractivity contribution in [3.8, 4) is 11.3 Å². The second-order valence-electron chi connectivity index (χ2n) is 6.30. The number of carbonyl (C=O) groups excluding carboxylic acids is 1. The van der Waals surface area contributed by atoms with Crippen molar-refractivity contribution in [2.75, 3.05) is 11.9 Å². The summed E-state index contributed by atoms with van der Waals surface area (Å²) in [5, 5.41) is 5.66. The molecule has 0 spiro atoms. The summed E-state index contributed by atoms with van der Waals surface area (Å²) in [7, 11) is -3.60. The zero-order valence-corrected chi connectivity index (χ0v) is 17.2. The molecular formula is C20H21N3O3S2. The van der Waals surface area contributed by atoms with Crippen molar-refractivity contribution in [2.45, 2.75) is 25.2 Å². The van der Waals surface area contributed by atoms with Crippen LogP contribution in [0.5, 0.6) is 0 Å². The third-order valence-corrected chi connectivity index (χ3v) is 6.31. The molecule has 8 heteroatoms. The fraction of sp³-hybridized carbons (Fsp3) is 0.200. The van der Waals surface area contributed by atoms with E-state index >= 15 is 0 Å². The predicted octanol–water partition coefficient (Wildman–Crippen LogP) is 3.60. The summed E-state index contributed by atoms with van der Waals surface area (Å²) in [5.74, 6) is -0.204. The van der Waals surface area contributed by atoms with Gasteiger partial charge in [-0.1, -0.05) is 24.3 Å². The topological polar surface area (TPSA) is 88.2 Å². The number of aromatic nitrogens is 1. The molecule has 1 aromatic heterocycles. The highest BCUT2D eigenvalue weighted by atomic mass is 32.2. The molecule has 0 fully saturated rings. The molecule has 0 radical (unpaired) electrons. The summed E-state index contributed by atoms with van der Waals surface area (Å²) in [6.07, 6.45) is 0.583. The van der Waals surface area contributed by atoms with Gasteiger partial charge < -0.3 is 5.32 Å². The number of nitrogens with zero attached hydrogens (tertiary/aromatic N) is 1. The Balaban J connectivity index is 1.57. The van der Waals surface area contributed by atoms with Crippen molar-refractivity contribution in [1.82, 2.24) is 9.71 Å². The van der Waals surface area contributed by atoms with Crippen LogP contribution in [0.25, 0.3) is 11.3 Å². The van der Waals surface area contributed by atoms with Gasteiger partial charge in [0.2, 0.25) is 15.9 Å². The standard InChI is InChI=1S/C20H21N3O3S2/c1-14(24)22-18-7-9-19(10-8-18)28(25,26)21-12-11-16-3-5-17(6-4-16)20-13-27-15(2)23-20/h3-10,13,21H,11-12H2,1-2H3,(H,22,24). The Morgan fingerprint density at radius 2 is 1.75 bits per heavy atom. The maximum atomic E-state index is 12.4. The van der Waals surface area contributed by atoms with Crippen molar-refractivity contribution >= 4 is 33.0 Å². The Morgan fingerprint density at radius 1 is 1.07 bits per heavy atom. The summed E-state index contributed by atoms with van der Waals surface area (Å²) in [6, 6.07) is 14.0. The number of hydrogen-bond acceptors (Lipinski definition) is 5. The number of thiazole rings is 1. The number of anilines is 1. The first-order valence-corrected chi connectivity index (χ1v) is 11.1. The minimum atomic E-state index is -3.60. The first-order chi connectivity index (χ1) is 13.3. The van der Waals surface area contributed by atoms with Crippen LogP contribution in [0.3, 0.4) is 0 Å². The van der Waals surface area contributed by atoms with Crippen molar-refractivity contribution in [2.24, 2.45) is 0 Å². The molecule has 3 aromatic rings. The summed E-state index contributed by atoms with van der Waals surface area (Å²) in [4.78, 5) is 15.7. The lowest BCUT2D eigenvalue weighted by Crippen LogP contribution is -2.26. The zero-order valence-electron chi connectivity index (χ0n) is 15.6. The van der Waals surface area contributed by atoms with Gasteiger partial charge in [0.25, 0.3) is 0 Å². The van der Waals surface area contributed by atoms with Crippen LogP contribution in [-0.4, -0.2) is 25.9 Å². The molecule has 3 rings (SSSR count). The summed E-state index contributed by atoms with van der Waals surface area (Å²) in [6.45, 7) is 3.67. The minimum Gasteiger partial charge on any atom is -0.326 e. The van der Waals surface area contributed by atoms with Gasteiger partial charge in [-0.2, -0.15) is 0 Å². The van der Waals surface area contributed by atoms with Gasteiger partial charge in [-0.3, -0.25) is 4.79 Å². The van der Waals surface area contributed by atoms with Gasteiger partial charge in [-0.15, -0.1) is 11.3 Å². The van der Waals surface area contributed by atoms with Crippen LogP contribution in [0.4, 0.5) is 5.69 Å². The number of sulfonamides is 1. The second kappa shape index (κ2) is 8.64. The molecule has 0 saturated carbocycles. The van der Waals surface area contributed by atoms with Gasteiger partial charge in [0.05, 0.1) is 15.6 Å². The molecule has 6 nitrogen and oxygen atoms in total. The molecule has 0 saturated heterocycles. The van der Waals surface area contributed by atoms with E-state index in [1.54, 1.807) is 23.5 Å². The van der Waals surface area contributed by atoms with Crippen LogP contribution in [0.2, 0.25) is 0 Å². The molecule has 0 aliphatic heterocycles. The summed E-state index contributed by atoms with van der Waals surface area (Å²) in [5.41, 5.74) is 3.60. The zero-order chi connectivity index (χ0) is 20.1. The van der Waals surface area contributed by atoms with E-state index < -0.39 is 10.0 Å². The van der Waals surface area contributed by atoms with Gasteiger partial charge >= 0.3 is 0 Å². The SMILES string of the molecule is CC(=O)Nc1ccc(S(=O)(=O)NCCc2ccc(-c3csc(C)n3)cc2)cc1. The first-order valence-electron chi connectivity index (χ1n) is 8.72. The van der Waals surface area contributed by atoms with Gasteiger partial charge in [0.15, 0.2) is 0 Å². The Morgan fingerprint density at radius 3 is 2.32 bits per heavy atom. The lowest BCUT2D eigenvalue weighted by molar-refractivity contribution is -0.114. The summed E-state index contributed by atoms with van der Waals surface area (Å²) < 4.78 is 27.4. The molecule has 0 aliphatic rings. The Hall–Kier alpha value is -2.55. The highest BCUT2D eigenvalue weighted by molar-refractivity contribution is 7.89. The van der Waals surface area contributed by atoms with Crippen molar-refractivity contribution in [1.29, 1.82) is 0 Å². The average molecular weight is 416 g/mol. The largest absolute Gasteiger partial charge is 0.326 e. The van der Waals surface area contributed by atoms with Crippen LogP contribution < -0.4 is 10.0 Å². The number of carbonyl (C=O) groups is 1. The highest BCUT2D eigenvalue weighted by Gasteiger charge is 2.13. The van der Waals surface area contributed by atoms with Crippen LogP contribution in [0.1, 0.15) is 17.5 Å². The van der Waals surface area contributed by atoms with E-state index in [9.17, 15) is 13.2 Å². The maximum absolute atomic E-state index is 12.4. The van der Waals surface area contributed by atoms with Gasteiger partial charge in [-0.25, -0.2) is 18.1 Å². The Bertz CT molecular complexity index is 1060. The Kier molecular flexibility index (Phi) is 6.23. The molecule has 0 atom stereocenters. The van der Waals surface area contributed by atoms with E-state index in [0.29, 0.717) is 18.7 Å². The van der Waals surface area contributed by atoms with E-state index in [2.05, 4.69) is 15.0 Å². The van der Waals surface area contributed by atoms with E-state index in [0.717, 1.165) is 21.8 Å². The average Bonchev–Trinajstić information content (AvgIpc) is 3.08. The van der Waals surface area contributed by atoms with Crippen molar-refractivity contribution in [3.63, 3.8) is 0 Å². The van der Waals surface area contributed by atoms with Crippen LogP contribution in [0, 0.1) is 6.92 Å². The number of nitrogens with one attached hydrogen (secondary N) is 2. The second-order valence-corrected chi connectivity index (χ2v) is 9.13. The Labute approximate surface area is 168 Å². The molecule has 1 amide bonds. The third kappa shape index (κ3) is 5.25. The van der Waals surface area contributed by atoms with Gasteiger partial charge in [-0.05, 0) is 43.2 Å². The van der Waals surface area contributed by atoms with E-state index in [-0.39, 0.29) is 10.8 Å². The quantitative estimate of drug-likeness (QED) is 0.617. The van der Waals surface area contributed by atoms with Gasteiger partial charge in [0, 0.05) is 30.1 Å². The fourth-order valence-corrected chi connectivity index (χ4v) is 4.33. The van der Waals surface area contributed by atoms with Crippen molar-refractivity contribution in [3.05, 3.63) is 64.5 Å². The van der Waals surface area contributed by atoms with E-state index in [1.165, 1.54) is 19.1 Å². The lowest BCUT2D eigenvalue weighted by atomic mass is 10.1. The summed E-state index contributed by atoms with van der Waals surface area (Å²) >= 11 is 1.61. The molecule has 0 aliphatic carbocycles. The molecule has 1 heterocycles. The van der Waals surface area contributed by atoms with Gasteiger partial charge in [0.1, 0.15) is 0 Å². The smallest absolute Gasteiger partial charge is 0.240 e. The number of amides is 1. The number of aryl methyl sites for hydroxylation is 1. The molecule has 28 heavy (non-hydrogen) atoms. The van der Waals surface area contributed by atoms with E-state index in [1.807, 2.05) is 36.6 Å². The monoisotopic (exact) mass is 415 g/mol. The number of hydrogen-bond donors (Lipinski definition) is 2. The molecule has 2 aromatic carbocycles. The predicted molar refractivity (Wildman–Crippen MR) is 112 cm³/mol. The highest BCUT2D eigenvalue weighted by Crippen LogP contribution is 2.22. The fourth-order valence-electron chi connectivity index (χ4n) is 2.67. The molecule has 2 N–H and O–H groups in total.